The molecule has 148 valence electrons. The van der Waals surface area contributed by atoms with Crippen molar-refractivity contribution >= 4 is 46.6 Å². The third-order valence-corrected chi connectivity index (χ3v) is 5.95. The van der Waals surface area contributed by atoms with Crippen molar-refractivity contribution in [3.63, 3.8) is 0 Å². The summed E-state index contributed by atoms with van der Waals surface area (Å²) in [6, 6.07) is 17.9. The molecule has 30 heavy (non-hydrogen) atoms. The molecule has 3 heterocycles. The predicted molar refractivity (Wildman–Crippen MR) is 121 cm³/mol. The van der Waals surface area contributed by atoms with Gasteiger partial charge in [-0.2, -0.15) is 0 Å². The van der Waals surface area contributed by atoms with E-state index >= 15 is 0 Å². The van der Waals surface area contributed by atoms with Crippen LogP contribution in [0, 0.1) is 4.84 Å². The van der Waals surface area contributed by atoms with E-state index in [4.69, 9.17) is 28.2 Å². The Morgan fingerprint density at radius 2 is 1.87 bits per heavy atom. The van der Waals surface area contributed by atoms with E-state index in [1.165, 1.54) is 11.8 Å². The lowest BCUT2D eigenvalue weighted by atomic mass is 10.1. The van der Waals surface area contributed by atoms with Gasteiger partial charge in [-0.3, -0.25) is 0 Å². The maximum Gasteiger partial charge on any atom is 0.284 e. The van der Waals surface area contributed by atoms with E-state index in [0.717, 1.165) is 32.9 Å². The van der Waals surface area contributed by atoms with Gasteiger partial charge in [-0.05, 0) is 42.0 Å². The van der Waals surface area contributed by atoms with Crippen LogP contribution < -0.4 is 0 Å². The average Bonchev–Trinajstić information content (AvgIpc) is 3.37. The first-order valence-corrected chi connectivity index (χ1v) is 10.8. The summed E-state index contributed by atoms with van der Waals surface area (Å²) in [5, 5.41) is 9.22. The molecule has 0 spiro atoms. The largest absolute Gasteiger partial charge is 0.413 e. The van der Waals surface area contributed by atoms with E-state index in [0.29, 0.717) is 16.7 Å². The lowest BCUT2D eigenvalue weighted by Gasteiger charge is -2.05. The molecule has 1 N–H and O–H groups in total. The number of nitrogens with one attached hydrogen (secondary N) is 1. The normalized spacial score (nSPS) is 11.2. The second-order valence-electron chi connectivity index (χ2n) is 6.43. The first-order chi connectivity index (χ1) is 14.7. The van der Waals surface area contributed by atoms with Crippen molar-refractivity contribution in [1.29, 1.82) is 0 Å². The minimum Gasteiger partial charge on any atom is -0.413 e. The Labute approximate surface area is 185 Å². The molecule has 9 heteroatoms. The van der Waals surface area contributed by atoms with Crippen LogP contribution in [-0.2, 0) is 5.75 Å². The molecule has 6 nitrogen and oxygen atoms in total. The zero-order chi connectivity index (χ0) is 20.5. The molecule has 0 bridgehead atoms. The van der Waals surface area contributed by atoms with E-state index in [1.54, 1.807) is 6.33 Å². The van der Waals surface area contributed by atoms with Crippen molar-refractivity contribution in [2.45, 2.75) is 10.8 Å². The smallest absolute Gasteiger partial charge is 0.284 e. The van der Waals surface area contributed by atoms with Gasteiger partial charge in [0, 0.05) is 22.5 Å². The molecule has 5 aromatic rings. The zero-order valence-corrected chi connectivity index (χ0v) is 17.8. The van der Waals surface area contributed by atoms with Gasteiger partial charge in [0.15, 0.2) is 0 Å². The molecule has 0 unspecified atom stereocenters. The van der Waals surface area contributed by atoms with Gasteiger partial charge < -0.3 is 8.98 Å². The third kappa shape index (κ3) is 3.65. The number of rotatable bonds is 5. The fourth-order valence-corrected chi connectivity index (χ4v) is 4.35. The summed E-state index contributed by atoms with van der Waals surface area (Å²) in [5.41, 5.74) is 3.92. The van der Waals surface area contributed by atoms with Gasteiger partial charge in [0.1, 0.15) is 17.0 Å². The van der Waals surface area contributed by atoms with Crippen LogP contribution in [0.2, 0.25) is 5.02 Å². The topological polar surface area (TPSA) is 72.5 Å². The van der Waals surface area contributed by atoms with Crippen LogP contribution in [0.1, 0.15) is 5.89 Å². The van der Waals surface area contributed by atoms with E-state index in [9.17, 15) is 0 Å². The summed E-state index contributed by atoms with van der Waals surface area (Å²) in [7, 11) is 0. The number of hydrogen-bond donors (Lipinski definition) is 1. The zero-order valence-electron chi connectivity index (χ0n) is 15.4. The number of nitrogens with zero attached hydrogens (tertiary/aromatic N) is 4. The number of aromatic nitrogens is 5. The van der Waals surface area contributed by atoms with E-state index in [2.05, 4.69) is 43.1 Å². The molecule has 0 atom stereocenters. The average molecular weight is 452 g/mol. The van der Waals surface area contributed by atoms with Crippen LogP contribution in [0.3, 0.4) is 0 Å². The van der Waals surface area contributed by atoms with Crippen LogP contribution in [0.5, 0.6) is 0 Å². The van der Waals surface area contributed by atoms with Crippen LogP contribution in [0.25, 0.3) is 27.8 Å². The van der Waals surface area contributed by atoms with Crippen molar-refractivity contribution in [1.82, 2.24) is 24.7 Å². The number of halogens is 1. The first-order valence-electron chi connectivity index (χ1n) is 9.03. The summed E-state index contributed by atoms with van der Waals surface area (Å²) in [6.45, 7) is 0. The summed E-state index contributed by atoms with van der Waals surface area (Å²) < 4.78 is 7.44. The van der Waals surface area contributed by atoms with E-state index in [-0.39, 0.29) is 4.84 Å². The van der Waals surface area contributed by atoms with Gasteiger partial charge in [-0.25, -0.2) is 15.1 Å². The second kappa shape index (κ2) is 8.06. The number of thioether (sulfide) groups is 1. The highest BCUT2D eigenvalue weighted by molar-refractivity contribution is 7.98. The van der Waals surface area contributed by atoms with Gasteiger partial charge in [0.2, 0.25) is 5.89 Å². The first kappa shape index (κ1) is 19.0. The Morgan fingerprint density at radius 1 is 1.07 bits per heavy atom. The molecule has 2 aromatic carbocycles. The van der Waals surface area contributed by atoms with Crippen LogP contribution >= 0.6 is 35.6 Å². The molecule has 0 aliphatic carbocycles. The highest BCUT2D eigenvalue weighted by Crippen LogP contribution is 2.37. The monoisotopic (exact) mass is 451 g/mol. The molecular formula is C21H14ClN5OS2. The van der Waals surface area contributed by atoms with Crippen LogP contribution in [-0.4, -0.2) is 24.7 Å². The summed E-state index contributed by atoms with van der Waals surface area (Å²) in [6.07, 6.45) is 3.66. The van der Waals surface area contributed by atoms with Crippen molar-refractivity contribution in [3.05, 3.63) is 82.9 Å². The van der Waals surface area contributed by atoms with E-state index in [1.807, 2.05) is 42.5 Å². The molecule has 0 amide bonds. The highest BCUT2D eigenvalue weighted by atomic mass is 35.5. The maximum atomic E-state index is 6.08. The Morgan fingerprint density at radius 3 is 2.60 bits per heavy atom. The van der Waals surface area contributed by atoms with Crippen molar-refractivity contribution in [2.75, 3.05) is 0 Å². The summed E-state index contributed by atoms with van der Waals surface area (Å²) in [4.78, 5) is 9.40. The fraction of sp³-hybridized carbons (Fsp3) is 0.0476. The minimum atomic E-state index is 0.261. The number of hydrogen-bond acceptors (Lipinski definition) is 6. The lowest BCUT2D eigenvalue weighted by Crippen LogP contribution is -1.95. The molecule has 5 rings (SSSR count). The number of aromatic amines is 1. The molecular weight excluding hydrogens is 438 g/mol. The van der Waals surface area contributed by atoms with E-state index < -0.39 is 0 Å². The number of benzene rings is 2. The lowest BCUT2D eigenvalue weighted by molar-refractivity contribution is 0.500. The van der Waals surface area contributed by atoms with Gasteiger partial charge in [0.05, 0.1) is 11.1 Å². The molecule has 0 fully saturated rings. The Kier molecular flexibility index (Phi) is 5.12. The minimum absolute atomic E-state index is 0.261. The SMILES string of the molecule is S=c1[nH]nc(CSc2ncnc3c2c(-c2ccccc2)cn3-c2ccc(Cl)cc2)o1. The van der Waals surface area contributed by atoms with Crippen molar-refractivity contribution in [2.24, 2.45) is 0 Å². The van der Waals surface area contributed by atoms with Gasteiger partial charge in [-0.15, -0.1) is 5.10 Å². The second-order valence-corrected chi connectivity index (χ2v) is 8.20. The molecule has 0 aliphatic rings. The van der Waals surface area contributed by atoms with Crippen molar-refractivity contribution < 1.29 is 4.42 Å². The molecule has 0 saturated carbocycles. The highest BCUT2D eigenvalue weighted by Gasteiger charge is 2.18. The standard InChI is InChI=1S/C21H14ClN5OS2/c22-14-6-8-15(9-7-14)27-10-16(13-4-2-1-3-5-13)18-19(27)23-12-24-20(18)30-11-17-25-26-21(29)28-17/h1-10,12H,11H2,(H,26,29). The number of fused-ring (bicyclic) bond motifs is 1. The van der Waals surface area contributed by atoms with Crippen molar-refractivity contribution in [3.8, 4) is 16.8 Å². The Balaban J connectivity index is 1.67. The number of H-pyrrole nitrogens is 1. The quantitative estimate of drug-likeness (QED) is 0.198. The van der Waals surface area contributed by atoms with Crippen LogP contribution in [0.15, 0.2) is 76.6 Å². The Hall–Kier alpha value is -2.94. The molecule has 0 saturated heterocycles. The van der Waals surface area contributed by atoms with Gasteiger partial charge >= 0.3 is 0 Å². The van der Waals surface area contributed by atoms with Gasteiger partial charge in [-0.1, -0.05) is 53.7 Å². The predicted octanol–water partition coefficient (Wildman–Crippen LogP) is 6.08. The maximum absolute atomic E-state index is 6.08. The van der Waals surface area contributed by atoms with Crippen LogP contribution in [0.4, 0.5) is 0 Å². The Bertz CT molecular complexity index is 1380. The van der Waals surface area contributed by atoms with Gasteiger partial charge in [0.25, 0.3) is 4.84 Å². The molecule has 3 aromatic heterocycles. The molecule has 0 aliphatic heterocycles. The molecule has 0 radical (unpaired) electrons. The summed E-state index contributed by atoms with van der Waals surface area (Å²) in [5.74, 6) is 1.02. The fourth-order valence-electron chi connectivity index (χ4n) is 3.23. The third-order valence-electron chi connectivity index (χ3n) is 4.55. The summed E-state index contributed by atoms with van der Waals surface area (Å²) >= 11 is 12.6.